The summed E-state index contributed by atoms with van der Waals surface area (Å²) in [6.45, 7) is 6.66. The number of benzene rings is 3. The first-order valence-corrected chi connectivity index (χ1v) is 15.0. The lowest BCUT2D eigenvalue weighted by Crippen LogP contribution is -2.36. The van der Waals surface area contributed by atoms with Gasteiger partial charge in [-0.2, -0.15) is 0 Å². The van der Waals surface area contributed by atoms with Gasteiger partial charge in [0.25, 0.3) is 7.37 Å². The first-order valence-electron chi connectivity index (χ1n) is 13.3. The molecule has 1 aliphatic rings. The second-order valence-corrected chi connectivity index (χ2v) is 13.3. The fraction of sp³-hybridized carbons (Fsp3) is 0.419. The standard InChI is InChI=1S/C31H40FN2O2P/c1-22(2)27-20-15-23(3)21-30(27)36-37(35,26-18-16-25(17-19-26)34(4)5)31(28-13-9-10-14-29(28)32)33-24-11-7-6-8-12-24/h6-14,16-19,22-23,27,30-31,33H,15,20-21H2,1-5H3/t23-,27-,30-,31+,37+/m1/s1. The Morgan fingerprint density at radius 3 is 2.22 bits per heavy atom. The minimum atomic E-state index is -3.69. The van der Waals surface area contributed by atoms with Gasteiger partial charge in [-0.3, -0.25) is 4.57 Å². The van der Waals surface area contributed by atoms with E-state index in [0.717, 1.165) is 30.6 Å². The normalized spacial score (nSPS) is 22.3. The van der Waals surface area contributed by atoms with E-state index in [0.29, 0.717) is 28.6 Å². The SMILES string of the molecule is CC(C)[C@H]1CC[C@@H](C)C[C@H]1O[P@@](=O)(c1ccc(N(C)C)cc1)[C@H](Nc1ccccc1)c1ccccc1F. The highest BCUT2D eigenvalue weighted by atomic mass is 31.2. The van der Waals surface area contributed by atoms with Crippen LogP contribution in [0.25, 0.3) is 0 Å². The summed E-state index contributed by atoms with van der Waals surface area (Å²) in [6, 6.07) is 23.8. The molecule has 0 heterocycles. The van der Waals surface area contributed by atoms with Gasteiger partial charge in [0, 0.05) is 36.3 Å². The van der Waals surface area contributed by atoms with Crippen molar-refractivity contribution in [3.05, 3.63) is 90.2 Å². The van der Waals surface area contributed by atoms with E-state index in [9.17, 15) is 0 Å². The van der Waals surface area contributed by atoms with Gasteiger partial charge < -0.3 is 14.7 Å². The Morgan fingerprint density at radius 2 is 1.59 bits per heavy atom. The Morgan fingerprint density at radius 1 is 0.946 bits per heavy atom. The van der Waals surface area contributed by atoms with E-state index in [2.05, 4.69) is 26.1 Å². The fourth-order valence-electron chi connectivity index (χ4n) is 5.40. The molecule has 0 spiro atoms. The van der Waals surface area contributed by atoms with Gasteiger partial charge in [0.1, 0.15) is 11.6 Å². The highest BCUT2D eigenvalue weighted by molar-refractivity contribution is 7.67. The largest absolute Gasteiger partial charge is 0.378 e. The molecular formula is C31H40FN2O2P. The van der Waals surface area contributed by atoms with Crippen LogP contribution in [-0.4, -0.2) is 20.2 Å². The highest BCUT2D eigenvalue weighted by Gasteiger charge is 2.44. The van der Waals surface area contributed by atoms with Crippen LogP contribution >= 0.6 is 7.37 Å². The quantitative estimate of drug-likeness (QED) is 0.289. The van der Waals surface area contributed by atoms with Crippen molar-refractivity contribution in [2.75, 3.05) is 24.3 Å². The minimum absolute atomic E-state index is 0.171. The molecule has 1 fully saturated rings. The van der Waals surface area contributed by atoms with Gasteiger partial charge in [-0.15, -0.1) is 0 Å². The number of halogens is 1. The molecule has 1 aliphatic carbocycles. The monoisotopic (exact) mass is 522 g/mol. The van der Waals surface area contributed by atoms with Crippen LogP contribution in [0.4, 0.5) is 15.8 Å². The van der Waals surface area contributed by atoms with Crippen molar-refractivity contribution in [1.82, 2.24) is 0 Å². The first kappa shape index (κ1) is 27.4. The van der Waals surface area contributed by atoms with Gasteiger partial charge in [0.05, 0.1) is 6.10 Å². The average molecular weight is 523 g/mol. The topological polar surface area (TPSA) is 41.6 Å². The Kier molecular flexibility index (Phi) is 8.77. The second-order valence-electron chi connectivity index (χ2n) is 10.9. The Hall–Kier alpha value is -2.62. The van der Waals surface area contributed by atoms with Crippen molar-refractivity contribution >= 4 is 24.0 Å². The maximum Gasteiger partial charge on any atom is 0.258 e. The summed E-state index contributed by atoms with van der Waals surface area (Å²) in [5.74, 6) is -0.105. The number of hydrogen-bond donors (Lipinski definition) is 1. The van der Waals surface area contributed by atoms with Crippen LogP contribution in [0.1, 0.15) is 51.4 Å². The van der Waals surface area contributed by atoms with Crippen LogP contribution in [0, 0.1) is 23.6 Å². The molecule has 4 nitrogen and oxygen atoms in total. The molecule has 1 N–H and O–H groups in total. The summed E-state index contributed by atoms with van der Waals surface area (Å²) >= 11 is 0. The lowest BCUT2D eigenvalue weighted by atomic mass is 9.75. The molecule has 3 aromatic carbocycles. The molecule has 1 saturated carbocycles. The van der Waals surface area contributed by atoms with Crippen LogP contribution in [0.5, 0.6) is 0 Å². The number of rotatable bonds is 9. The number of nitrogens with zero attached hydrogens (tertiary/aromatic N) is 1. The van der Waals surface area contributed by atoms with Crippen molar-refractivity contribution in [2.45, 2.75) is 51.9 Å². The van der Waals surface area contributed by atoms with Crippen LogP contribution in [0.2, 0.25) is 0 Å². The molecule has 0 saturated heterocycles. The van der Waals surface area contributed by atoms with Crippen molar-refractivity contribution < 1.29 is 13.5 Å². The van der Waals surface area contributed by atoms with E-state index in [1.54, 1.807) is 18.2 Å². The van der Waals surface area contributed by atoms with E-state index >= 15 is 8.96 Å². The molecule has 0 radical (unpaired) electrons. The first-order chi connectivity index (χ1) is 17.7. The summed E-state index contributed by atoms with van der Waals surface area (Å²) in [4.78, 5) is 2.00. The number of hydrogen-bond acceptors (Lipinski definition) is 4. The molecule has 3 aromatic rings. The molecule has 0 unspecified atom stereocenters. The van der Waals surface area contributed by atoms with Crippen molar-refractivity contribution in [1.29, 1.82) is 0 Å². The summed E-state index contributed by atoms with van der Waals surface area (Å²) in [5.41, 5.74) is 2.11. The van der Waals surface area contributed by atoms with Gasteiger partial charge in [-0.25, -0.2) is 4.39 Å². The predicted molar refractivity (Wildman–Crippen MR) is 153 cm³/mol. The zero-order chi connectivity index (χ0) is 26.6. The zero-order valence-electron chi connectivity index (χ0n) is 22.6. The molecule has 0 aromatic heterocycles. The molecule has 37 heavy (non-hydrogen) atoms. The molecule has 0 aliphatic heterocycles. The third-order valence-electron chi connectivity index (χ3n) is 7.60. The van der Waals surface area contributed by atoms with Crippen LogP contribution in [0.15, 0.2) is 78.9 Å². The lowest BCUT2D eigenvalue weighted by molar-refractivity contribution is 0.0488. The summed E-state index contributed by atoms with van der Waals surface area (Å²) in [5, 5.41) is 4.01. The van der Waals surface area contributed by atoms with Crippen molar-refractivity contribution in [3.63, 3.8) is 0 Å². The Bertz CT molecular complexity index is 1200. The average Bonchev–Trinajstić information content (AvgIpc) is 2.88. The number of anilines is 2. The lowest BCUT2D eigenvalue weighted by Gasteiger charge is -2.41. The van der Waals surface area contributed by atoms with Gasteiger partial charge in [-0.05, 0) is 73.1 Å². The maximum atomic E-state index is 15.4. The van der Waals surface area contributed by atoms with Gasteiger partial charge in [-0.1, -0.05) is 63.6 Å². The molecule has 5 atom stereocenters. The van der Waals surface area contributed by atoms with Crippen molar-refractivity contribution in [3.8, 4) is 0 Å². The van der Waals surface area contributed by atoms with Crippen LogP contribution < -0.4 is 15.5 Å². The molecule has 198 valence electrons. The number of para-hydroxylation sites is 1. The Balaban J connectivity index is 1.86. The maximum absolute atomic E-state index is 15.4. The van der Waals surface area contributed by atoms with Gasteiger partial charge in [0.15, 0.2) is 0 Å². The highest BCUT2D eigenvalue weighted by Crippen LogP contribution is 2.62. The zero-order valence-corrected chi connectivity index (χ0v) is 23.5. The molecule has 0 bridgehead atoms. The molecule has 4 rings (SSSR count). The van der Waals surface area contributed by atoms with E-state index < -0.39 is 19.0 Å². The summed E-state index contributed by atoms with van der Waals surface area (Å²) in [7, 11) is 0.258. The summed E-state index contributed by atoms with van der Waals surface area (Å²) in [6.07, 6.45) is 2.86. The van der Waals surface area contributed by atoms with Gasteiger partial charge >= 0.3 is 0 Å². The molecular weight excluding hydrogens is 482 g/mol. The van der Waals surface area contributed by atoms with E-state index in [-0.39, 0.29) is 6.10 Å². The van der Waals surface area contributed by atoms with Gasteiger partial charge in [0.2, 0.25) is 0 Å². The van der Waals surface area contributed by atoms with E-state index in [4.69, 9.17) is 4.52 Å². The second kappa shape index (κ2) is 11.8. The molecule has 6 heteroatoms. The van der Waals surface area contributed by atoms with Crippen LogP contribution in [0.3, 0.4) is 0 Å². The van der Waals surface area contributed by atoms with E-state index in [1.807, 2.05) is 73.6 Å². The van der Waals surface area contributed by atoms with Crippen molar-refractivity contribution in [2.24, 2.45) is 17.8 Å². The molecule has 0 amide bonds. The minimum Gasteiger partial charge on any atom is -0.378 e. The third kappa shape index (κ3) is 6.27. The van der Waals surface area contributed by atoms with E-state index in [1.165, 1.54) is 6.07 Å². The summed E-state index contributed by atoms with van der Waals surface area (Å²) < 4.78 is 37.7. The third-order valence-corrected chi connectivity index (χ3v) is 10.3. The Labute approximate surface area is 221 Å². The smallest absolute Gasteiger partial charge is 0.258 e. The van der Waals surface area contributed by atoms with Crippen LogP contribution in [-0.2, 0) is 9.09 Å². The number of nitrogens with one attached hydrogen (secondary N) is 1. The predicted octanol–water partition coefficient (Wildman–Crippen LogP) is 8.08. The fourth-order valence-corrected chi connectivity index (χ4v) is 8.05.